The van der Waals surface area contributed by atoms with Crippen LogP contribution in [0.4, 0.5) is 5.69 Å². The zero-order chi connectivity index (χ0) is 23.1. The van der Waals surface area contributed by atoms with E-state index in [-0.39, 0.29) is 17.0 Å². The molecule has 0 spiro atoms. The largest absolute Gasteiger partial charge is 0.478 e. The second-order valence-electron chi connectivity index (χ2n) is 8.04. The lowest BCUT2D eigenvalue weighted by Gasteiger charge is -2.19. The maximum Gasteiger partial charge on any atom is 0.337 e. The van der Waals surface area contributed by atoms with Gasteiger partial charge in [0, 0.05) is 35.3 Å². The highest BCUT2D eigenvalue weighted by molar-refractivity contribution is 5.94. The molecule has 0 aliphatic rings. The Bertz CT molecular complexity index is 1580. The van der Waals surface area contributed by atoms with E-state index in [1.807, 2.05) is 50.4 Å². The molecule has 7 nitrogen and oxygen atoms in total. The first-order valence-corrected chi connectivity index (χ1v) is 10.5. The number of carboxylic acids is 1. The monoisotopic (exact) mass is 439 g/mol. The Morgan fingerprint density at radius 2 is 1.94 bits per heavy atom. The average Bonchev–Trinajstić information content (AvgIpc) is 3.27. The van der Waals surface area contributed by atoms with Gasteiger partial charge < -0.3 is 14.8 Å². The van der Waals surface area contributed by atoms with Crippen LogP contribution in [0.3, 0.4) is 0 Å². The van der Waals surface area contributed by atoms with Crippen molar-refractivity contribution in [3.63, 3.8) is 0 Å². The Hall–Kier alpha value is -4.39. The third-order valence-electron chi connectivity index (χ3n) is 5.68. The lowest BCUT2D eigenvalue weighted by molar-refractivity contribution is 0.0698. The molecule has 0 fully saturated rings. The summed E-state index contributed by atoms with van der Waals surface area (Å²) in [4.78, 5) is 24.7. The predicted molar refractivity (Wildman–Crippen MR) is 127 cm³/mol. The van der Waals surface area contributed by atoms with Gasteiger partial charge in [0.15, 0.2) is 5.43 Å². The van der Waals surface area contributed by atoms with Gasteiger partial charge in [0.2, 0.25) is 0 Å². The molecule has 0 aliphatic carbocycles. The molecule has 0 saturated carbocycles. The predicted octanol–water partition coefficient (Wildman–Crippen LogP) is 5.29. The maximum atomic E-state index is 13.0. The number of hydrogen-bond donors (Lipinski definition) is 2. The summed E-state index contributed by atoms with van der Waals surface area (Å²) < 4.78 is 8.03. The van der Waals surface area contributed by atoms with E-state index in [2.05, 4.69) is 10.4 Å². The molecule has 164 valence electrons. The van der Waals surface area contributed by atoms with Gasteiger partial charge in [-0.05, 0) is 55.8 Å². The first-order chi connectivity index (χ1) is 15.9. The fraction of sp³-hybridized carbons (Fsp3) is 0.115. The molecule has 0 saturated heterocycles. The number of nitrogens with zero attached hydrogens (tertiary/aromatic N) is 2. The van der Waals surface area contributed by atoms with Crippen LogP contribution in [0, 0.1) is 6.92 Å². The average molecular weight is 439 g/mol. The summed E-state index contributed by atoms with van der Waals surface area (Å²) in [5, 5.41) is 17.5. The first-order valence-electron chi connectivity index (χ1n) is 10.5. The number of pyridine rings is 1. The minimum Gasteiger partial charge on any atom is -0.478 e. The van der Waals surface area contributed by atoms with Gasteiger partial charge in [0.05, 0.1) is 22.5 Å². The highest BCUT2D eigenvalue weighted by Gasteiger charge is 2.18. The van der Waals surface area contributed by atoms with E-state index in [0.717, 1.165) is 22.2 Å². The second kappa shape index (κ2) is 7.94. The Balaban J connectivity index is 1.64. The molecule has 0 unspecified atom stereocenters. The second-order valence-corrected chi connectivity index (χ2v) is 8.04. The number of anilines is 1. The van der Waals surface area contributed by atoms with E-state index >= 15 is 0 Å². The summed E-state index contributed by atoms with van der Waals surface area (Å²) >= 11 is 0. The van der Waals surface area contributed by atoms with Crippen molar-refractivity contribution in [1.29, 1.82) is 0 Å². The van der Waals surface area contributed by atoms with Crippen molar-refractivity contribution >= 4 is 28.1 Å². The van der Waals surface area contributed by atoms with Crippen LogP contribution in [0.1, 0.15) is 34.5 Å². The number of aromatic nitrogens is 2. The van der Waals surface area contributed by atoms with Crippen LogP contribution in [-0.4, -0.2) is 20.7 Å². The summed E-state index contributed by atoms with van der Waals surface area (Å²) in [7, 11) is 0. The van der Waals surface area contributed by atoms with Crippen LogP contribution in [0.2, 0.25) is 0 Å². The van der Waals surface area contributed by atoms with E-state index < -0.39 is 5.97 Å². The van der Waals surface area contributed by atoms with Crippen LogP contribution < -0.4 is 10.7 Å². The number of aryl methyl sites for hydroxylation is 1. The van der Waals surface area contributed by atoms with Gasteiger partial charge in [0.1, 0.15) is 11.3 Å². The minimum atomic E-state index is -1.01. The fourth-order valence-electron chi connectivity index (χ4n) is 4.08. The summed E-state index contributed by atoms with van der Waals surface area (Å²) in [6, 6.07) is 17.3. The van der Waals surface area contributed by atoms with Crippen molar-refractivity contribution in [2.45, 2.75) is 19.9 Å². The number of benzene rings is 2. The van der Waals surface area contributed by atoms with Gasteiger partial charge in [-0.1, -0.05) is 18.2 Å². The molecule has 7 heteroatoms. The van der Waals surface area contributed by atoms with Gasteiger partial charge in [-0.3, -0.25) is 4.79 Å². The topological polar surface area (TPSA) is 96.8 Å². The zero-order valence-corrected chi connectivity index (χ0v) is 18.1. The zero-order valence-electron chi connectivity index (χ0n) is 18.1. The SMILES string of the molecule is Cc1cc([C@@H](C)Nc2ccccc2C(=O)O)c2oc(-c3ccn4nccc4c3)cc(=O)c2c1. The first kappa shape index (κ1) is 20.5. The van der Waals surface area contributed by atoms with Gasteiger partial charge in [-0.2, -0.15) is 5.10 Å². The summed E-state index contributed by atoms with van der Waals surface area (Å²) in [5.74, 6) is -0.553. The molecule has 0 amide bonds. The minimum absolute atomic E-state index is 0.136. The fourth-order valence-corrected chi connectivity index (χ4v) is 4.08. The lowest BCUT2D eigenvalue weighted by Crippen LogP contribution is -2.12. The molecule has 1 atom stereocenters. The van der Waals surface area contributed by atoms with Crippen LogP contribution in [0.5, 0.6) is 0 Å². The van der Waals surface area contributed by atoms with E-state index in [1.165, 1.54) is 6.07 Å². The third-order valence-corrected chi connectivity index (χ3v) is 5.68. The van der Waals surface area contributed by atoms with Crippen molar-refractivity contribution in [1.82, 2.24) is 9.61 Å². The molecule has 2 N–H and O–H groups in total. The number of para-hydroxylation sites is 1. The van der Waals surface area contributed by atoms with E-state index in [4.69, 9.17) is 4.42 Å². The Kier molecular flexibility index (Phi) is 4.94. The van der Waals surface area contributed by atoms with Crippen molar-refractivity contribution in [3.8, 4) is 11.3 Å². The van der Waals surface area contributed by atoms with E-state index in [9.17, 15) is 14.7 Å². The number of fused-ring (bicyclic) bond motifs is 2. The molecular formula is C26H21N3O4. The number of carbonyl (C=O) groups is 1. The van der Waals surface area contributed by atoms with Crippen molar-refractivity contribution in [2.75, 3.05) is 5.32 Å². The summed E-state index contributed by atoms with van der Waals surface area (Å²) in [6.45, 7) is 3.83. The summed E-state index contributed by atoms with van der Waals surface area (Å²) in [6.07, 6.45) is 3.52. The third kappa shape index (κ3) is 3.74. The molecule has 2 aromatic carbocycles. The molecule has 3 aromatic heterocycles. The molecule has 3 heterocycles. The van der Waals surface area contributed by atoms with E-state index in [0.29, 0.717) is 22.4 Å². The number of hydrogen-bond acceptors (Lipinski definition) is 5. The highest BCUT2D eigenvalue weighted by atomic mass is 16.4. The number of carboxylic acid groups (broad SMARTS) is 1. The van der Waals surface area contributed by atoms with Crippen LogP contribution in [0.15, 0.2) is 82.3 Å². The molecule has 0 bridgehead atoms. The summed E-state index contributed by atoms with van der Waals surface area (Å²) in [5.41, 5.74) is 4.36. The normalized spacial score (nSPS) is 12.2. The van der Waals surface area contributed by atoms with Crippen LogP contribution in [-0.2, 0) is 0 Å². The van der Waals surface area contributed by atoms with Gasteiger partial charge >= 0.3 is 5.97 Å². The van der Waals surface area contributed by atoms with Crippen molar-refractivity contribution in [3.05, 3.63) is 100.0 Å². The quantitative estimate of drug-likeness (QED) is 0.386. The highest BCUT2D eigenvalue weighted by Crippen LogP contribution is 2.31. The Labute approximate surface area is 188 Å². The number of aromatic carboxylic acids is 1. The van der Waals surface area contributed by atoms with Crippen LogP contribution in [0.25, 0.3) is 27.8 Å². The van der Waals surface area contributed by atoms with Crippen molar-refractivity contribution < 1.29 is 14.3 Å². The molecule has 5 rings (SSSR count). The van der Waals surface area contributed by atoms with E-state index in [1.54, 1.807) is 35.0 Å². The number of nitrogens with one attached hydrogen (secondary N) is 1. The van der Waals surface area contributed by atoms with Crippen LogP contribution >= 0.6 is 0 Å². The van der Waals surface area contributed by atoms with Gasteiger partial charge in [0.25, 0.3) is 0 Å². The lowest BCUT2D eigenvalue weighted by atomic mass is 10.00. The van der Waals surface area contributed by atoms with Gasteiger partial charge in [-0.25, -0.2) is 9.31 Å². The number of rotatable bonds is 5. The van der Waals surface area contributed by atoms with Gasteiger partial charge in [-0.15, -0.1) is 0 Å². The molecule has 0 aliphatic heterocycles. The Morgan fingerprint density at radius 3 is 2.76 bits per heavy atom. The standard InChI is InChI=1S/C26H21N3O4/c1-15-11-20(16(2)28-22-6-4-3-5-19(22)26(31)32)25-21(12-15)23(30)14-24(33-25)17-8-10-29-18(13-17)7-9-27-29/h3-14,16,28H,1-2H3,(H,31,32)/t16-/m1/s1. The smallest absolute Gasteiger partial charge is 0.337 e. The Morgan fingerprint density at radius 1 is 1.12 bits per heavy atom. The van der Waals surface area contributed by atoms with Crippen molar-refractivity contribution in [2.24, 2.45) is 0 Å². The maximum absolute atomic E-state index is 13.0. The molecule has 5 aromatic rings. The molecular weight excluding hydrogens is 418 g/mol. The molecule has 0 radical (unpaired) electrons. The molecule has 33 heavy (non-hydrogen) atoms.